The smallest absolute Gasteiger partial charge is 0.00436 e. The monoisotopic (exact) mass is 239 g/mol. The molecule has 1 atom stereocenters. The van der Waals surface area contributed by atoms with Crippen molar-refractivity contribution < 1.29 is 0 Å². The van der Waals surface area contributed by atoms with E-state index in [1.54, 1.807) is 11.3 Å². The number of hydrogen-bond acceptors (Lipinski definition) is 2. The van der Waals surface area contributed by atoms with Crippen molar-refractivity contribution in [1.82, 2.24) is 5.32 Å². The van der Waals surface area contributed by atoms with Crippen molar-refractivity contribution in [1.29, 1.82) is 0 Å². The van der Waals surface area contributed by atoms with E-state index < -0.39 is 0 Å². The predicted molar refractivity (Wildman–Crippen MR) is 74.2 cm³/mol. The lowest BCUT2D eigenvalue weighted by molar-refractivity contribution is 0.270. The molecule has 2 heteroatoms. The fourth-order valence-corrected chi connectivity index (χ4v) is 2.97. The fraction of sp³-hybridized carbons (Fsp3) is 0.714. The Morgan fingerprint density at radius 2 is 2.19 bits per heavy atom. The van der Waals surface area contributed by atoms with Crippen LogP contribution in [0.4, 0.5) is 0 Å². The summed E-state index contributed by atoms with van der Waals surface area (Å²) >= 11 is 1.80. The van der Waals surface area contributed by atoms with Gasteiger partial charge in [-0.1, -0.05) is 20.8 Å². The Hall–Kier alpha value is -0.340. The molecule has 0 saturated carbocycles. The average Bonchev–Trinajstić information content (AvgIpc) is 2.66. The van der Waals surface area contributed by atoms with Gasteiger partial charge < -0.3 is 5.32 Å². The molecule has 1 rings (SSSR count). The predicted octanol–water partition coefficient (Wildman–Crippen LogP) is 4.10. The van der Waals surface area contributed by atoms with Gasteiger partial charge in [-0.25, -0.2) is 0 Å². The van der Waals surface area contributed by atoms with E-state index in [2.05, 4.69) is 49.8 Å². The summed E-state index contributed by atoms with van der Waals surface area (Å²) in [6.45, 7) is 10.3. The number of nitrogens with one attached hydrogen (secondary N) is 1. The van der Waals surface area contributed by atoms with Gasteiger partial charge in [0.1, 0.15) is 0 Å². The molecule has 0 aromatic carbocycles. The molecular formula is C14H25NS. The van der Waals surface area contributed by atoms with Crippen LogP contribution in [-0.2, 0) is 6.42 Å². The summed E-state index contributed by atoms with van der Waals surface area (Å²) < 4.78 is 0. The van der Waals surface area contributed by atoms with Gasteiger partial charge >= 0.3 is 0 Å². The Labute approximate surface area is 104 Å². The lowest BCUT2D eigenvalue weighted by Crippen LogP contribution is -2.31. The van der Waals surface area contributed by atoms with Gasteiger partial charge in [0.2, 0.25) is 0 Å². The molecule has 1 aromatic rings. The molecule has 92 valence electrons. The van der Waals surface area contributed by atoms with Crippen LogP contribution in [0.2, 0.25) is 0 Å². The Kier molecular flexibility index (Phi) is 5.50. The molecule has 0 bridgehead atoms. The fourth-order valence-electron chi connectivity index (χ4n) is 2.27. The maximum absolute atomic E-state index is 3.50. The third kappa shape index (κ3) is 5.13. The third-order valence-electron chi connectivity index (χ3n) is 3.08. The largest absolute Gasteiger partial charge is 0.315 e. The van der Waals surface area contributed by atoms with E-state index in [0.29, 0.717) is 11.5 Å². The second-order valence-corrected chi connectivity index (χ2v) is 6.24. The Morgan fingerprint density at radius 3 is 2.75 bits per heavy atom. The van der Waals surface area contributed by atoms with E-state index in [0.717, 1.165) is 6.54 Å². The van der Waals surface area contributed by atoms with Crippen molar-refractivity contribution in [3.8, 4) is 0 Å². The van der Waals surface area contributed by atoms with Crippen molar-refractivity contribution in [3.63, 3.8) is 0 Å². The van der Waals surface area contributed by atoms with Gasteiger partial charge in [-0.05, 0) is 60.5 Å². The molecule has 0 saturated heterocycles. The molecule has 0 aliphatic heterocycles. The minimum atomic E-state index is 0.434. The van der Waals surface area contributed by atoms with Gasteiger partial charge in [0.25, 0.3) is 0 Å². The van der Waals surface area contributed by atoms with Crippen LogP contribution in [0, 0.1) is 5.41 Å². The normalized spacial score (nSPS) is 14.0. The molecule has 1 N–H and O–H groups in total. The van der Waals surface area contributed by atoms with Crippen molar-refractivity contribution in [2.75, 3.05) is 6.54 Å². The maximum atomic E-state index is 3.50. The maximum Gasteiger partial charge on any atom is 0.00436 e. The second-order valence-electron chi connectivity index (χ2n) is 5.46. The average molecular weight is 239 g/mol. The van der Waals surface area contributed by atoms with Gasteiger partial charge in [-0.3, -0.25) is 0 Å². The van der Waals surface area contributed by atoms with E-state index in [4.69, 9.17) is 0 Å². The zero-order valence-electron chi connectivity index (χ0n) is 11.0. The summed E-state index contributed by atoms with van der Waals surface area (Å²) in [5.74, 6) is 0. The highest BCUT2D eigenvalue weighted by Crippen LogP contribution is 2.28. The quantitative estimate of drug-likeness (QED) is 0.755. The summed E-state index contributed by atoms with van der Waals surface area (Å²) in [6.07, 6.45) is 3.75. The second kappa shape index (κ2) is 6.41. The van der Waals surface area contributed by atoms with Crippen molar-refractivity contribution >= 4 is 11.3 Å². The first kappa shape index (κ1) is 13.7. The summed E-state index contributed by atoms with van der Waals surface area (Å²) in [5.41, 5.74) is 1.93. The van der Waals surface area contributed by atoms with E-state index in [-0.39, 0.29) is 0 Å². The number of thiophene rings is 1. The first-order chi connectivity index (χ1) is 7.53. The van der Waals surface area contributed by atoms with Crippen LogP contribution in [-0.4, -0.2) is 12.6 Å². The Morgan fingerprint density at radius 1 is 1.44 bits per heavy atom. The van der Waals surface area contributed by atoms with Crippen molar-refractivity contribution in [3.05, 3.63) is 22.4 Å². The summed E-state index contributed by atoms with van der Waals surface area (Å²) in [5, 5.41) is 7.93. The third-order valence-corrected chi connectivity index (χ3v) is 3.81. The number of hydrogen-bond donors (Lipinski definition) is 1. The molecular weight excluding hydrogens is 214 g/mol. The highest BCUT2D eigenvalue weighted by Gasteiger charge is 2.20. The van der Waals surface area contributed by atoms with Crippen LogP contribution in [0.15, 0.2) is 16.8 Å². The van der Waals surface area contributed by atoms with Crippen LogP contribution < -0.4 is 5.32 Å². The van der Waals surface area contributed by atoms with Crippen LogP contribution >= 0.6 is 11.3 Å². The van der Waals surface area contributed by atoms with Crippen molar-refractivity contribution in [2.24, 2.45) is 5.41 Å². The van der Waals surface area contributed by atoms with E-state index in [1.165, 1.54) is 24.8 Å². The molecule has 0 spiro atoms. The molecule has 0 fully saturated rings. The summed E-state index contributed by atoms with van der Waals surface area (Å²) in [6, 6.07) is 2.87. The minimum absolute atomic E-state index is 0.434. The SMILES string of the molecule is CCNC(C)CC(C)(C)CCc1ccsc1. The van der Waals surface area contributed by atoms with Crippen LogP contribution in [0.1, 0.15) is 46.1 Å². The summed E-state index contributed by atoms with van der Waals surface area (Å²) in [4.78, 5) is 0. The molecule has 1 aromatic heterocycles. The van der Waals surface area contributed by atoms with Crippen LogP contribution in [0.25, 0.3) is 0 Å². The molecule has 0 aliphatic rings. The highest BCUT2D eigenvalue weighted by molar-refractivity contribution is 7.07. The molecule has 0 aliphatic carbocycles. The lowest BCUT2D eigenvalue weighted by Gasteiger charge is -2.28. The van der Waals surface area contributed by atoms with Gasteiger partial charge in [-0.2, -0.15) is 11.3 Å². The Balaban J connectivity index is 2.33. The molecule has 16 heavy (non-hydrogen) atoms. The molecule has 0 amide bonds. The van der Waals surface area contributed by atoms with Gasteiger partial charge in [0.05, 0.1) is 0 Å². The first-order valence-electron chi connectivity index (χ1n) is 6.28. The highest BCUT2D eigenvalue weighted by atomic mass is 32.1. The van der Waals surface area contributed by atoms with Gasteiger partial charge in [-0.15, -0.1) is 0 Å². The van der Waals surface area contributed by atoms with E-state index in [9.17, 15) is 0 Å². The number of rotatable bonds is 7. The van der Waals surface area contributed by atoms with Crippen molar-refractivity contribution in [2.45, 2.75) is 53.0 Å². The Bertz CT molecular complexity index is 277. The van der Waals surface area contributed by atoms with Crippen LogP contribution in [0.5, 0.6) is 0 Å². The van der Waals surface area contributed by atoms with Gasteiger partial charge in [0, 0.05) is 6.04 Å². The molecule has 1 nitrogen and oxygen atoms in total. The number of aryl methyl sites for hydroxylation is 1. The lowest BCUT2D eigenvalue weighted by atomic mass is 9.81. The zero-order chi connectivity index (χ0) is 12.0. The standard InChI is InChI=1S/C14H25NS/c1-5-15-12(2)10-14(3,4)8-6-13-7-9-16-11-13/h7,9,11-12,15H,5-6,8,10H2,1-4H3. The zero-order valence-corrected chi connectivity index (χ0v) is 11.9. The van der Waals surface area contributed by atoms with E-state index in [1.807, 2.05) is 0 Å². The molecule has 0 radical (unpaired) electrons. The first-order valence-corrected chi connectivity index (χ1v) is 7.22. The van der Waals surface area contributed by atoms with Gasteiger partial charge in [0.15, 0.2) is 0 Å². The molecule has 1 unspecified atom stereocenters. The molecule has 1 heterocycles. The topological polar surface area (TPSA) is 12.0 Å². The van der Waals surface area contributed by atoms with E-state index >= 15 is 0 Å². The van der Waals surface area contributed by atoms with Crippen LogP contribution in [0.3, 0.4) is 0 Å². The summed E-state index contributed by atoms with van der Waals surface area (Å²) in [7, 11) is 0. The minimum Gasteiger partial charge on any atom is -0.315 e.